The topological polar surface area (TPSA) is 88.2 Å². The number of carbonyl (C=O) groups is 3. The van der Waals surface area contributed by atoms with Gasteiger partial charge in [-0.2, -0.15) is 0 Å². The van der Waals surface area contributed by atoms with Gasteiger partial charge in [-0.05, 0) is 24.1 Å². The highest BCUT2D eigenvalue weighted by molar-refractivity contribution is 6.04. The van der Waals surface area contributed by atoms with Crippen molar-refractivity contribution in [3.8, 4) is 0 Å². The molecule has 2 saturated heterocycles. The van der Waals surface area contributed by atoms with E-state index in [1.165, 1.54) is 7.11 Å². The number of amides is 2. The predicted molar refractivity (Wildman–Crippen MR) is 109 cm³/mol. The molecule has 0 aliphatic carbocycles. The van der Waals surface area contributed by atoms with Crippen molar-refractivity contribution in [2.45, 2.75) is 20.3 Å². The first-order valence-electron chi connectivity index (χ1n) is 10.0. The van der Waals surface area contributed by atoms with Crippen LogP contribution in [0.2, 0.25) is 0 Å². The first-order chi connectivity index (χ1) is 13.9. The van der Waals surface area contributed by atoms with Crippen LogP contribution in [0.1, 0.15) is 30.6 Å². The first-order valence-corrected chi connectivity index (χ1v) is 10.0. The van der Waals surface area contributed by atoms with Gasteiger partial charge in [-0.3, -0.25) is 9.59 Å². The van der Waals surface area contributed by atoms with Crippen molar-refractivity contribution < 1.29 is 23.9 Å². The van der Waals surface area contributed by atoms with E-state index in [0.717, 1.165) is 18.8 Å². The second-order valence-corrected chi connectivity index (χ2v) is 7.90. The summed E-state index contributed by atoms with van der Waals surface area (Å²) in [5.41, 5.74) is 1.58. The van der Waals surface area contributed by atoms with Crippen LogP contribution in [0, 0.1) is 11.8 Å². The van der Waals surface area contributed by atoms with Crippen molar-refractivity contribution in [2.24, 2.45) is 11.8 Å². The quantitative estimate of drug-likeness (QED) is 0.728. The normalized spacial score (nSPS) is 19.6. The van der Waals surface area contributed by atoms with Gasteiger partial charge in [0.1, 0.15) is 0 Å². The molecule has 0 radical (unpaired) electrons. The highest BCUT2D eigenvalue weighted by Gasteiger charge is 2.34. The molecule has 0 bridgehead atoms. The Hall–Kier alpha value is -2.61. The standard InChI is InChI=1S/C21H29N3O5/c1-14(2)12-24-13-15(10-19(24)25)20(26)22-18-5-4-16(11-17(18)21(27)28-3)23-6-8-29-9-7-23/h4-5,11,14-15H,6-10,12-13H2,1-3H3,(H,22,26). The van der Waals surface area contributed by atoms with Crippen molar-refractivity contribution in [1.29, 1.82) is 0 Å². The summed E-state index contributed by atoms with van der Waals surface area (Å²) in [6.07, 6.45) is 0.192. The van der Waals surface area contributed by atoms with E-state index in [-0.39, 0.29) is 18.2 Å². The zero-order chi connectivity index (χ0) is 21.0. The molecule has 29 heavy (non-hydrogen) atoms. The summed E-state index contributed by atoms with van der Waals surface area (Å²) in [7, 11) is 1.31. The highest BCUT2D eigenvalue weighted by atomic mass is 16.5. The van der Waals surface area contributed by atoms with Crippen LogP contribution in [-0.4, -0.2) is 69.2 Å². The molecule has 2 aliphatic rings. The minimum atomic E-state index is -0.514. The van der Waals surface area contributed by atoms with Gasteiger partial charge in [0.15, 0.2) is 0 Å². The largest absolute Gasteiger partial charge is 0.465 e. The number of nitrogens with zero attached hydrogens (tertiary/aromatic N) is 2. The molecule has 1 atom stereocenters. The van der Waals surface area contributed by atoms with Gasteiger partial charge >= 0.3 is 5.97 Å². The fraction of sp³-hybridized carbons (Fsp3) is 0.571. The van der Waals surface area contributed by atoms with Gasteiger partial charge in [-0.15, -0.1) is 0 Å². The Morgan fingerprint density at radius 1 is 1.28 bits per heavy atom. The Morgan fingerprint density at radius 3 is 2.66 bits per heavy atom. The van der Waals surface area contributed by atoms with Crippen molar-refractivity contribution in [1.82, 2.24) is 4.90 Å². The Labute approximate surface area is 171 Å². The number of nitrogens with one attached hydrogen (secondary N) is 1. The molecule has 0 aromatic heterocycles. The number of rotatable bonds is 6. The molecule has 8 nitrogen and oxygen atoms in total. The number of morpholine rings is 1. The smallest absolute Gasteiger partial charge is 0.340 e. The number of ether oxygens (including phenoxy) is 2. The van der Waals surface area contributed by atoms with Crippen LogP contribution in [0.15, 0.2) is 18.2 Å². The summed E-state index contributed by atoms with van der Waals surface area (Å²) in [5.74, 6) is -0.854. The monoisotopic (exact) mass is 403 g/mol. The molecule has 3 rings (SSSR count). The number of esters is 1. The second kappa shape index (κ2) is 9.26. The van der Waals surface area contributed by atoms with Gasteiger partial charge in [0.25, 0.3) is 0 Å². The third kappa shape index (κ3) is 5.06. The van der Waals surface area contributed by atoms with E-state index < -0.39 is 11.9 Å². The van der Waals surface area contributed by atoms with Gasteiger partial charge < -0.3 is 24.6 Å². The van der Waals surface area contributed by atoms with E-state index in [1.807, 2.05) is 19.9 Å². The summed E-state index contributed by atoms with van der Waals surface area (Å²) in [4.78, 5) is 41.1. The predicted octanol–water partition coefficient (Wildman–Crippen LogP) is 1.75. The molecule has 1 aromatic rings. The van der Waals surface area contributed by atoms with Gasteiger partial charge in [-0.1, -0.05) is 13.8 Å². The molecular formula is C21H29N3O5. The number of anilines is 2. The highest BCUT2D eigenvalue weighted by Crippen LogP contribution is 2.27. The van der Waals surface area contributed by atoms with Crippen molar-refractivity contribution in [3.05, 3.63) is 23.8 Å². The second-order valence-electron chi connectivity index (χ2n) is 7.90. The third-order valence-electron chi connectivity index (χ3n) is 5.21. The molecule has 8 heteroatoms. The van der Waals surface area contributed by atoms with Crippen LogP contribution in [0.5, 0.6) is 0 Å². The number of likely N-dealkylation sites (tertiary alicyclic amines) is 1. The summed E-state index contributed by atoms with van der Waals surface area (Å²) in [6, 6.07) is 5.33. The van der Waals surface area contributed by atoms with E-state index in [1.54, 1.807) is 17.0 Å². The lowest BCUT2D eigenvalue weighted by molar-refractivity contribution is -0.128. The Bertz CT molecular complexity index is 774. The molecule has 1 N–H and O–H groups in total. The molecule has 1 unspecified atom stereocenters. The van der Waals surface area contributed by atoms with Crippen molar-refractivity contribution in [2.75, 3.05) is 56.7 Å². The SMILES string of the molecule is COC(=O)c1cc(N2CCOCC2)ccc1NC(=O)C1CC(=O)N(CC(C)C)C1. The number of hydrogen-bond acceptors (Lipinski definition) is 6. The molecule has 2 fully saturated rings. The van der Waals surface area contributed by atoms with Crippen LogP contribution >= 0.6 is 0 Å². The van der Waals surface area contributed by atoms with E-state index in [9.17, 15) is 14.4 Å². The van der Waals surface area contributed by atoms with E-state index in [2.05, 4.69) is 10.2 Å². The summed E-state index contributed by atoms with van der Waals surface area (Å²) in [6.45, 7) is 7.87. The molecule has 2 amide bonds. The van der Waals surface area contributed by atoms with Gasteiger partial charge in [0, 0.05) is 38.3 Å². The fourth-order valence-electron chi connectivity index (χ4n) is 3.74. The van der Waals surface area contributed by atoms with Gasteiger partial charge in [0.2, 0.25) is 11.8 Å². The lowest BCUT2D eigenvalue weighted by Gasteiger charge is -2.29. The molecule has 1 aromatic carbocycles. The maximum absolute atomic E-state index is 12.8. The zero-order valence-corrected chi connectivity index (χ0v) is 17.3. The van der Waals surface area contributed by atoms with Crippen LogP contribution in [-0.2, 0) is 19.1 Å². The number of methoxy groups -OCH3 is 1. The maximum atomic E-state index is 12.8. The van der Waals surface area contributed by atoms with Crippen LogP contribution < -0.4 is 10.2 Å². The van der Waals surface area contributed by atoms with Gasteiger partial charge in [-0.25, -0.2) is 4.79 Å². The molecular weight excluding hydrogens is 374 g/mol. The first kappa shape index (κ1) is 21.1. The van der Waals surface area contributed by atoms with E-state index >= 15 is 0 Å². The van der Waals surface area contributed by atoms with Crippen LogP contribution in [0.3, 0.4) is 0 Å². The van der Waals surface area contributed by atoms with E-state index in [0.29, 0.717) is 43.5 Å². The molecule has 158 valence electrons. The third-order valence-corrected chi connectivity index (χ3v) is 5.21. The fourth-order valence-corrected chi connectivity index (χ4v) is 3.74. The molecule has 0 spiro atoms. The maximum Gasteiger partial charge on any atom is 0.340 e. The van der Waals surface area contributed by atoms with Crippen LogP contribution in [0.25, 0.3) is 0 Å². The number of benzene rings is 1. The zero-order valence-electron chi connectivity index (χ0n) is 17.3. The van der Waals surface area contributed by atoms with Crippen molar-refractivity contribution in [3.63, 3.8) is 0 Å². The molecule has 2 heterocycles. The molecule has 2 aliphatic heterocycles. The summed E-state index contributed by atoms with van der Waals surface area (Å²) < 4.78 is 10.3. The minimum Gasteiger partial charge on any atom is -0.465 e. The average Bonchev–Trinajstić information content (AvgIpc) is 3.08. The van der Waals surface area contributed by atoms with Gasteiger partial charge in [0.05, 0.1) is 37.5 Å². The van der Waals surface area contributed by atoms with Crippen LogP contribution in [0.4, 0.5) is 11.4 Å². The Morgan fingerprint density at radius 2 is 2.00 bits per heavy atom. The lowest BCUT2D eigenvalue weighted by atomic mass is 10.1. The number of hydrogen-bond donors (Lipinski definition) is 1. The summed E-state index contributed by atoms with van der Waals surface area (Å²) >= 11 is 0. The van der Waals surface area contributed by atoms with E-state index in [4.69, 9.17) is 9.47 Å². The minimum absolute atomic E-state index is 0.00490. The van der Waals surface area contributed by atoms with Crippen molar-refractivity contribution >= 4 is 29.2 Å². The lowest BCUT2D eigenvalue weighted by Crippen LogP contribution is -2.36. The number of carbonyl (C=O) groups excluding carboxylic acids is 3. The average molecular weight is 403 g/mol. The Balaban J connectivity index is 1.74. The Kier molecular flexibility index (Phi) is 6.74. The summed E-state index contributed by atoms with van der Waals surface area (Å²) in [5, 5.41) is 2.83. The molecule has 0 saturated carbocycles.